The fraction of sp³-hybridized carbons (Fsp3) is 0.412. The lowest BCUT2D eigenvalue weighted by Gasteiger charge is -2.34. The van der Waals surface area contributed by atoms with Gasteiger partial charge in [-0.3, -0.25) is 4.79 Å². The van der Waals surface area contributed by atoms with Crippen LogP contribution in [-0.2, 0) is 4.79 Å². The van der Waals surface area contributed by atoms with E-state index in [2.05, 4.69) is 22.4 Å². The molecule has 2 aromatic rings. The number of hydrogen-bond acceptors (Lipinski definition) is 4. The van der Waals surface area contributed by atoms with E-state index in [1.165, 1.54) is 0 Å². The number of anilines is 1. The van der Waals surface area contributed by atoms with E-state index >= 15 is 0 Å². The summed E-state index contributed by atoms with van der Waals surface area (Å²) in [6.45, 7) is 5.41. The van der Waals surface area contributed by atoms with Gasteiger partial charge in [-0.15, -0.1) is 0 Å². The van der Waals surface area contributed by atoms with Crippen LogP contribution in [0.15, 0.2) is 42.7 Å². The lowest BCUT2D eigenvalue weighted by Crippen LogP contribution is -2.51. The van der Waals surface area contributed by atoms with Crippen molar-refractivity contribution in [2.75, 3.05) is 38.5 Å². The van der Waals surface area contributed by atoms with Crippen LogP contribution >= 0.6 is 0 Å². The molecule has 1 N–H and O–H groups in total. The number of carbonyl (C=O) groups is 1. The number of piperazine rings is 1. The Kier molecular flexibility index (Phi) is 4.62. The summed E-state index contributed by atoms with van der Waals surface area (Å²) in [5.74, 6) is 0.161. The van der Waals surface area contributed by atoms with Gasteiger partial charge in [0.25, 0.3) is 0 Å². The number of nitrogens with zero attached hydrogens (tertiary/aromatic N) is 4. The molecule has 1 saturated heterocycles. The maximum atomic E-state index is 12.5. The minimum atomic E-state index is -0.228. The van der Waals surface area contributed by atoms with E-state index in [9.17, 15) is 4.79 Å². The Labute approximate surface area is 136 Å². The van der Waals surface area contributed by atoms with Gasteiger partial charge in [0.1, 0.15) is 6.04 Å². The average molecular weight is 313 g/mol. The third kappa shape index (κ3) is 3.71. The van der Waals surface area contributed by atoms with Crippen molar-refractivity contribution in [2.24, 2.45) is 0 Å². The summed E-state index contributed by atoms with van der Waals surface area (Å²) >= 11 is 0. The highest BCUT2D eigenvalue weighted by Crippen LogP contribution is 2.14. The van der Waals surface area contributed by atoms with Crippen LogP contribution in [0.3, 0.4) is 0 Å². The Hall–Kier alpha value is -2.34. The molecule has 1 aromatic carbocycles. The van der Waals surface area contributed by atoms with Crippen LogP contribution in [0.1, 0.15) is 6.92 Å². The molecule has 6 nitrogen and oxygen atoms in total. The maximum Gasteiger partial charge on any atom is 0.244 e. The second-order valence-electron chi connectivity index (χ2n) is 5.99. The molecule has 1 atom stereocenters. The molecular weight excluding hydrogens is 290 g/mol. The normalized spacial score (nSPS) is 17.0. The Bertz CT molecular complexity index is 630. The summed E-state index contributed by atoms with van der Waals surface area (Å²) in [6, 6.07) is 9.59. The number of hydrogen-bond donors (Lipinski definition) is 1. The summed E-state index contributed by atoms with van der Waals surface area (Å²) in [6.07, 6.45) is 3.66. The summed E-state index contributed by atoms with van der Waals surface area (Å²) in [7, 11) is 2.09. The number of aromatic nitrogens is 2. The molecule has 0 unspecified atom stereocenters. The van der Waals surface area contributed by atoms with Crippen molar-refractivity contribution < 1.29 is 4.79 Å². The highest BCUT2D eigenvalue weighted by atomic mass is 16.2. The summed E-state index contributed by atoms with van der Waals surface area (Å²) in [5.41, 5.74) is 1.94. The van der Waals surface area contributed by atoms with Crippen LogP contribution in [0.2, 0.25) is 0 Å². The molecule has 1 aromatic heterocycles. The number of amides is 1. The average Bonchev–Trinajstić information content (AvgIpc) is 3.10. The minimum absolute atomic E-state index is 0.161. The van der Waals surface area contributed by atoms with Gasteiger partial charge in [0.2, 0.25) is 5.91 Å². The molecule has 1 amide bonds. The van der Waals surface area contributed by atoms with Gasteiger partial charge in [0.15, 0.2) is 0 Å². The van der Waals surface area contributed by atoms with E-state index in [0.717, 1.165) is 37.6 Å². The third-order valence-corrected chi connectivity index (χ3v) is 4.20. The first-order chi connectivity index (χ1) is 11.1. The topological polar surface area (TPSA) is 53.4 Å². The zero-order valence-electron chi connectivity index (χ0n) is 13.6. The van der Waals surface area contributed by atoms with Gasteiger partial charge in [0.05, 0.1) is 5.69 Å². The van der Waals surface area contributed by atoms with Crippen LogP contribution in [0.4, 0.5) is 5.69 Å². The Morgan fingerprint density at radius 2 is 1.87 bits per heavy atom. The zero-order chi connectivity index (χ0) is 16.2. The van der Waals surface area contributed by atoms with Gasteiger partial charge >= 0.3 is 0 Å². The Morgan fingerprint density at radius 1 is 1.17 bits per heavy atom. The van der Waals surface area contributed by atoms with Gasteiger partial charge in [-0.2, -0.15) is 5.10 Å². The Morgan fingerprint density at radius 3 is 2.48 bits per heavy atom. The van der Waals surface area contributed by atoms with E-state index in [1.807, 2.05) is 53.0 Å². The molecule has 23 heavy (non-hydrogen) atoms. The largest absolute Gasteiger partial charge is 0.374 e. The van der Waals surface area contributed by atoms with E-state index in [0.29, 0.717) is 0 Å². The molecule has 1 aliphatic heterocycles. The Balaban J connectivity index is 1.59. The summed E-state index contributed by atoms with van der Waals surface area (Å²) in [5, 5.41) is 7.49. The van der Waals surface area contributed by atoms with Crippen LogP contribution in [0.25, 0.3) is 5.69 Å². The van der Waals surface area contributed by atoms with Gasteiger partial charge < -0.3 is 15.1 Å². The SMILES string of the molecule is C[C@H](Nc1ccc(-n2cccn2)cc1)C(=O)N1CCN(C)CC1. The van der Waals surface area contributed by atoms with Crippen LogP contribution in [0, 0.1) is 0 Å². The van der Waals surface area contributed by atoms with E-state index in [1.54, 1.807) is 6.20 Å². The minimum Gasteiger partial charge on any atom is -0.374 e. The molecule has 0 aliphatic carbocycles. The first-order valence-corrected chi connectivity index (χ1v) is 7.97. The highest BCUT2D eigenvalue weighted by molar-refractivity contribution is 5.84. The number of carbonyl (C=O) groups excluding carboxylic acids is 1. The molecule has 0 saturated carbocycles. The van der Waals surface area contributed by atoms with Crippen LogP contribution < -0.4 is 5.32 Å². The fourth-order valence-corrected chi connectivity index (χ4v) is 2.74. The van der Waals surface area contributed by atoms with Crippen molar-refractivity contribution in [3.8, 4) is 5.69 Å². The molecule has 122 valence electrons. The van der Waals surface area contributed by atoms with Crippen LogP contribution in [-0.4, -0.2) is 64.8 Å². The molecular formula is C17H23N5O. The number of rotatable bonds is 4. The molecule has 0 bridgehead atoms. The summed E-state index contributed by atoms with van der Waals surface area (Å²) in [4.78, 5) is 16.7. The maximum absolute atomic E-state index is 12.5. The molecule has 6 heteroatoms. The molecule has 1 aliphatic rings. The highest BCUT2D eigenvalue weighted by Gasteiger charge is 2.23. The van der Waals surface area contributed by atoms with Crippen molar-refractivity contribution >= 4 is 11.6 Å². The van der Waals surface area contributed by atoms with Gasteiger partial charge in [-0.1, -0.05) is 0 Å². The van der Waals surface area contributed by atoms with Crippen molar-refractivity contribution in [3.63, 3.8) is 0 Å². The first-order valence-electron chi connectivity index (χ1n) is 7.97. The number of nitrogens with one attached hydrogen (secondary N) is 1. The van der Waals surface area contributed by atoms with Crippen molar-refractivity contribution in [1.29, 1.82) is 0 Å². The summed E-state index contributed by atoms with van der Waals surface area (Å²) < 4.78 is 1.81. The molecule has 2 heterocycles. The van der Waals surface area contributed by atoms with Crippen molar-refractivity contribution in [3.05, 3.63) is 42.7 Å². The standard InChI is InChI=1S/C17H23N5O/c1-14(17(23)21-12-10-20(2)11-13-21)19-15-4-6-16(7-5-15)22-9-3-8-18-22/h3-9,14,19H,10-13H2,1-2H3/t14-/m0/s1. The molecule has 1 fully saturated rings. The second-order valence-corrected chi connectivity index (χ2v) is 5.99. The predicted molar refractivity (Wildman–Crippen MR) is 90.7 cm³/mol. The molecule has 3 rings (SSSR count). The lowest BCUT2D eigenvalue weighted by atomic mass is 10.2. The molecule has 0 spiro atoms. The van der Waals surface area contributed by atoms with E-state index in [4.69, 9.17) is 0 Å². The first kappa shape index (κ1) is 15.6. The number of likely N-dealkylation sites (N-methyl/N-ethyl adjacent to an activating group) is 1. The third-order valence-electron chi connectivity index (χ3n) is 4.20. The quantitative estimate of drug-likeness (QED) is 0.928. The predicted octanol–water partition coefficient (Wildman–Crippen LogP) is 1.45. The second kappa shape index (κ2) is 6.83. The van der Waals surface area contributed by atoms with Gasteiger partial charge in [-0.05, 0) is 44.3 Å². The van der Waals surface area contributed by atoms with Crippen molar-refractivity contribution in [1.82, 2.24) is 19.6 Å². The van der Waals surface area contributed by atoms with Crippen LogP contribution in [0.5, 0.6) is 0 Å². The van der Waals surface area contributed by atoms with E-state index in [-0.39, 0.29) is 11.9 Å². The van der Waals surface area contributed by atoms with Gasteiger partial charge in [0, 0.05) is 44.3 Å². The monoisotopic (exact) mass is 313 g/mol. The zero-order valence-corrected chi connectivity index (χ0v) is 13.6. The smallest absolute Gasteiger partial charge is 0.244 e. The number of benzene rings is 1. The van der Waals surface area contributed by atoms with E-state index < -0.39 is 0 Å². The van der Waals surface area contributed by atoms with Gasteiger partial charge in [-0.25, -0.2) is 4.68 Å². The molecule has 0 radical (unpaired) electrons. The lowest BCUT2D eigenvalue weighted by molar-refractivity contribution is -0.133. The van der Waals surface area contributed by atoms with Crippen molar-refractivity contribution in [2.45, 2.75) is 13.0 Å². The fourth-order valence-electron chi connectivity index (χ4n) is 2.74.